The van der Waals surface area contributed by atoms with Crippen LogP contribution in [0.25, 0.3) is 0 Å². The summed E-state index contributed by atoms with van der Waals surface area (Å²) < 4.78 is 20.2. The maximum absolute atomic E-state index is 14.5. The number of hydrogen-bond acceptors (Lipinski definition) is 8. The van der Waals surface area contributed by atoms with Crippen molar-refractivity contribution in [2.45, 2.75) is 38.5 Å². The number of amides is 1. The predicted octanol–water partition coefficient (Wildman–Crippen LogP) is 7.16. The van der Waals surface area contributed by atoms with Gasteiger partial charge in [0.2, 0.25) is 0 Å². The summed E-state index contributed by atoms with van der Waals surface area (Å²) in [6.07, 6.45) is -3.27. The van der Waals surface area contributed by atoms with Crippen LogP contribution in [0.15, 0.2) is 91.0 Å². The van der Waals surface area contributed by atoms with Gasteiger partial charge in [-0.05, 0) is 53.6 Å². The lowest BCUT2D eigenvalue weighted by atomic mass is 9.86. The van der Waals surface area contributed by atoms with Crippen molar-refractivity contribution in [3.63, 3.8) is 0 Å². The number of ether oxygens (including phenoxy) is 4. The van der Waals surface area contributed by atoms with Crippen LogP contribution < -0.4 is 18.9 Å². The van der Waals surface area contributed by atoms with Crippen molar-refractivity contribution < 1.29 is 53.4 Å². The summed E-state index contributed by atoms with van der Waals surface area (Å²) in [6.45, 7) is 0.380. The number of carboxylic acid groups (broad SMARTS) is 3. The van der Waals surface area contributed by atoms with Crippen LogP contribution in [0.2, 0.25) is 0 Å². The molecule has 0 heterocycles. The van der Waals surface area contributed by atoms with Crippen LogP contribution in [-0.2, 0) is 19.6 Å². The second-order valence-corrected chi connectivity index (χ2v) is 10.4. The second kappa shape index (κ2) is 14.2. The third-order valence-electron chi connectivity index (χ3n) is 7.34. The molecule has 1 aliphatic carbocycles. The van der Waals surface area contributed by atoms with Crippen molar-refractivity contribution in [2.24, 2.45) is 0 Å². The molecule has 0 aromatic heterocycles. The second-order valence-electron chi connectivity index (χ2n) is 10.4. The minimum absolute atomic E-state index is 0.0510. The molecule has 236 valence electrons. The van der Waals surface area contributed by atoms with Gasteiger partial charge in [-0.25, -0.2) is 14.4 Å². The number of rotatable bonds is 10. The Morgan fingerprint density at radius 2 is 1.33 bits per heavy atom. The number of benzene rings is 4. The largest absolute Gasteiger partial charge is 0.511 e. The average Bonchev–Trinajstić information content (AvgIpc) is 3.03. The van der Waals surface area contributed by atoms with Gasteiger partial charge in [-0.1, -0.05) is 66.7 Å². The molecule has 1 atom stereocenters. The first kappa shape index (κ1) is 31.4. The summed E-state index contributed by atoms with van der Waals surface area (Å²) in [7, 11) is 0. The highest BCUT2D eigenvalue weighted by molar-refractivity contribution is 5.99. The highest BCUT2D eigenvalue weighted by Gasteiger charge is 2.33. The molecule has 1 amide bonds. The van der Waals surface area contributed by atoms with Crippen LogP contribution in [-0.4, -0.2) is 44.6 Å². The zero-order valence-corrected chi connectivity index (χ0v) is 24.3. The van der Waals surface area contributed by atoms with Crippen LogP contribution >= 0.6 is 0 Å². The minimum Gasteiger partial charge on any atom is -0.489 e. The van der Waals surface area contributed by atoms with Gasteiger partial charge in [-0.3, -0.25) is 4.79 Å². The standard InChI is InChI=1S/C34H29NO11/c36-31(26-17-29(45-33(39)40)30(46-34(41)42)18-28(26)44-32(37)38)35(27-15-7-12-23-11-4-5-14-25(23)27)19-22-10-6-13-24(16-22)43-20-21-8-2-1-3-9-21/h1-6,8-11,13-14,16-18,27H,7,12,15,19-20H2,(H,37,38)(H,39,40)(H,41,42)/t27-/m0/s1. The number of carbonyl (C=O) groups excluding carboxylic acids is 1. The maximum atomic E-state index is 14.5. The molecule has 3 N–H and O–H groups in total. The van der Waals surface area contributed by atoms with E-state index in [2.05, 4.69) is 4.74 Å². The molecule has 4 aromatic carbocycles. The van der Waals surface area contributed by atoms with E-state index >= 15 is 0 Å². The van der Waals surface area contributed by atoms with Crippen molar-refractivity contribution in [2.75, 3.05) is 0 Å². The predicted molar refractivity (Wildman–Crippen MR) is 162 cm³/mol. The van der Waals surface area contributed by atoms with E-state index in [1.807, 2.05) is 60.7 Å². The first-order valence-electron chi connectivity index (χ1n) is 14.2. The Hall–Kier alpha value is -6.04. The van der Waals surface area contributed by atoms with Gasteiger partial charge < -0.3 is 39.2 Å². The fraction of sp³-hybridized carbons (Fsp3) is 0.176. The summed E-state index contributed by atoms with van der Waals surface area (Å²) in [4.78, 5) is 50.4. The van der Waals surface area contributed by atoms with Gasteiger partial charge in [0.05, 0.1) is 11.6 Å². The van der Waals surface area contributed by atoms with Crippen LogP contribution in [0.3, 0.4) is 0 Å². The molecule has 1 aliphatic rings. The Labute approximate surface area is 262 Å². The van der Waals surface area contributed by atoms with Gasteiger partial charge in [0, 0.05) is 18.7 Å². The molecule has 0 spiro atoms. The molecule has 0 saturated carbocycles. The number of aryl methyl sites for hydroxylation is 1. The van der Waals surface area contributed by atoms with Gasteiger partial charge in [0.15, 0.2) is 17.2 Å². The lowest BCUT2D eigenvalue weighted by Gasteiger charge is -2.36. The van der Waals surface area contributed by atoms with Crippen molar-refractivity contribution in [3.05, 3.63) is 119 Å². The Balaban J connectivity index is 1.56. The molecule has 0 bridgehead atoms. The molecule has 12 heteroatoms. The zero-order chi connectivity index (χ0) is 32.6. The molecule has 5 rings (SSSR count). The fourth-order valence-electron chi connectivity index (χ4n) is 5.44. The summed E-state index contributed by atoms with van der Waals surface area (Å²) in [5, 5.41) is 27.9. The van der Waals surface area contributed by atoms with E-state index in [4.69, 9.17) is 19.3 Å². The van der Waals surface area contributed by atoms with E-state index in [1.165, 1.54) is 0 Å². The molecule has 0 unspecified atom stereocenters. The molecule has 4 aromatic rings. The van der Waals surface area contributed by atoms with Gasteiger partial charge in [0.1, 0.15) is 12.4 Å². The van der Waals surface area contributed by atoms with Crippen molar-refractivity contribution in [1.82, 2.24) is 4.90 Å². The first-order valence-corrected chi connectivity index (χ1v) is 14.2. The number of nitrogens with zero attached hydrogens (tertiary/aromatic N) is 1. The molecular weight excluding hydrogens is 598 g/mol. The van der Waals surface area contributed by atoms with Crippen LogP contribution in [0, 0.1) is 0 Å². The summed E-state index contributed by atoms with van der Waals surface area (Å²) in [5.41, 5.74) is 3.27. The fourth-order valence-corrected chi connectivity index (χ4v) is 5.44. The van der Waals surface area contributed by atoms with E-state index in [1.54, 1.807) is 23.1 Å². The Morgan fingerprint density at radius 3 is 2.04 bits per heavy atom. The maximum Gasteiger partial charge on any atom is 0.511 e. The van der Waals surface area contributed by atoms with E-state index in [0.717, 1.165) is 41.7 Å². The quantitative estimate of drug-likeness (QED) is 0.120. The van der Waals surface area contributed by atoms with E-state index < -0.39 is 47.7 Å². The van der Waals surface area contributed by atoms with Gasteiger partial charge >= 0.3 is 18.5 Å². The van der Waals surface area contributed by atoms with Crippen LogP contribution in [0.5, 0.6) is 23.0 Å². The lowest BCUT2D eigenvalue weighted by molar-refractivity contribution is 0.0633. The topological polar surface area (TPSA) is 169 Å². The van der Waals surface area contributed by atoms with Crippen molar-refractivity contribution in [1.29, 1.82) is 0 Å². The highest BCUT2D eigenvalue weighted by atomic mass is 16.7. The van der Waals surface area contributed by atoms with E-state index in [0.29, 0.717) is 24.3 Å². The average molecular weight is 628 g/mol. The molecule has 0 radical (unpaired) electrons. The monoisotopic (exact) mass is 627 g/mol. The summed E-state index contributed by atoms with van der Waals surface area (Å²) >= 11 is 0. The van der Waals surface area contributed by atoms with Gasteiger partial charge in [0.25, 0.3) is 5.91 Å². The molecule has 0 saturated heterocycles. The minimum atomic E-state index is -1.83. The summed E-state index contributed by atoms with van der Waals surface area (Å²) in [6, 6.07) is 25.8. The lowest BCUT2D eigenvalue weighted by Crippen LogP contribution is -2.36. The Morgan fingerprint density at radius 1 is 0.696 bits per heavy atom. The molecule has 12 nitrogen and oxygen atoms in total. The number of fused-ring (bicyclic) bond motifs is 1. The molecule has 46 heavy (non-hydrogen) atoms. The number of carbonyl (C=O) groups is 4. The first-order chi connectivity index (χ1) is 22.2. The Bertz CT molecular complexity index is 1760. The zero-order valence-electron chi connectivity index (χ0n) is 24.3. The molecule has 0 fully saturated rings. The van der Waals surface area contributed by atoms with Gasteiger partial charge in [-0.2, -0.15) is 0 Å². The number of hydrogen-bond donors (Lipinski definition) is 3. The summed E-state index contributed by atoms with van der Waals surface area (Å²) in [5.74, 6) is -2.04. The van der Waals surface area contributed by atoms with Crippen LogP contribution in [0.1, 0.15) is 51.5 Å². The van der Waals surface area contributed by atoms with Crippen LogP contribution in [0.4, 0.5) is 14.4 Å². The SMILES string of the molecule is O=C(O)Oc1cc(OC(=O)O)c(C(=O)N(Cc2cccc(OCc3ccccc3)c2)[C@H]2CCCc3ccccc32)cc1OC(=O)O. The normalized spacial score (nSPS) is 13.5. The highest BCUT2D eigenvalue weighted by Crippen LogP contribution is 2.40. The molecule has 0 aliphatic heterocycles. The van der Waals surface area contributed by atoms with Crippen molar-refractivity contribution >= 4 is 24.4 Å². The Kier molecular flexibility index (Phi) is 9.66. The van der Waals surface area contributed by atoms with Crippen molar-refractivity contribution in [3.8, 4) is 23.0 Å². The smallest absolute Gasteiger partial charge is 0.489 e. The van der Waals surface area contributed by atoms with Gasteiger partial charge in [-0.15, -0.1) is 0 Å². The third kappa shape index (κ3) is 7.72. The van der Waals surface area contributed by atoms with E-state index in [-0.39, 0.29) is 12.1 Å². The molecular formula is C34H29NO11. The van der Waals surface area contributed by atoms with E-state index in [9.17, 15) is 29.4 Å². The third-order valence-corrected chi connectivity index (χ3v) is 7.34.